The minimum atomic E-state index is -0.695. The average molecular weight is 515 g/mol. The van der Waals surface area contributed by atoms with Crippen molar-refractivity contribution in [2.24, 2.45) is 11.3 Å². The van der Waals surface area contributed by atoms with Crippen LogP contribution < -0.4 is 9.47 Å². The SMILES string of the molecule is COc1ccc(F)c(-c2ccc(COc3ccc4c(c3)[C@]3(CC4)C[C@H]3C(=O)O)cc2[C@H]2CCCC2(C)C)c1. The number of ether oxygens (including phenoxy) is 2. The summed E-state index contributed by atoms with van der Waals surface area (Å²) in [4.78, 5) is 11.6. The molecule has 0 heterocycles. The quantitative estimate of drug-likeness (QED) is 0.352. The van der Waals surface area contributed by atoms with E-state index in [9.17, 15) is 9.90 Å². The smallest absolute Gasteiger partial charge is 0.307 e. The molecule has 2 fully saturated rings. The lowest BCUT2D eigenvalue weighted by atomic mass is 9.75. The molecule has 0 radical (unpaired) electrons. The lowest BCUT2D eigenvalue weighted by Crippen LogP contribution is -2.17. The van der Waals surface area contributed by atoms with Crippen molar-refractivity contribution < 1.29 is 23.8 Å². The minimum Gasteiger partial charge on any atom is -0.497 e. The van der Waals surface area contributed by atoms with Gasteiger partial charge >= 0.3 is 5.97 Å². The van der Waals surface area contributed by atoms with Crippen LogP contribution in [0.25, 0.3) is 11.1 Å². The molecular formula is C33H35FO4. The van der Waals surface area contributed by atoms with Crippen molar-refractivity contribution in [2.75, 3.05) is 7.11 Å². The van der Waals surface area contributed by atoms with Gasteiger partial charge in [-0.2, -0.15) is 0 Å². The fourth-order valence-electron chi connectivity index (χ4n) is 7.17. The van der Waals surface area contributed by atoms with Crippen molar-refractivity contribution >= 4 is 5.97 Å². The van der Waals surface area contributed by atoms with Crippen LogP contribution in [0.3, 0.4) is 0 Å². The maximum Gasteiger partial charge on any atom is 0.307 e. The van der Waals surface area contributed by atoms with Crippen LogP contribution in [0.1, 0.15) is 74.1 Å². The van der Waals surface area contributed by atoms with E-state index in [1.165, 1.54) is 11.6 Å². The highest BCUT2D eigenvalue weighted by Crippen LogP contribution is 2.62. The van der Waals surface area contributed by atoms with Gasteiger partial charge in [0.05, 0.1) is 13.0 Å². The van der Waals surface area contributed by atoms with Crippen LogP contribution in [-0.2, 0) is 23.2 Å². The second-order valence-electron chi connectivity index (χ2n) is 12.1. The summed E-state index contributed by atoms with van der Waals surface area (Å²) in [5, 5.41) is 9.57. The molecule has 0 aromatic heterocycles. The van der Waals surface area contributed by atoms with Gasteiger partial charge in [-0.15, -0.1) is 0 Å². The molecule has 2 saturated carbocycles. The Morgan fingerprint density at radius 3 is 2.55 bits per heavy atom. The topological polar surface area (TPSA) is 55.8 Å². The number of hydrogen-bond donors (Lipinski definition) is 1. The Hall–Kier alpha value is -3.34. The van der Waals surface area contributed by atoms with Crippen LogP contribution in [0.4, 0.5) is 4.39 Å². The fraction of sp³-hybridized carbons (Fsp3) is 0.424. The van der Waals surface area contributed by atoms with Gasteiger partial charge in [0.2, 0.25) is 0 Å². The monoisotopic (exact) mass is 514 g/mol. The second kappa shape index (κ2) is 9.14. The predicted molar refractivity (Wildman–Crippen MR) is 145 cm³/mol. The fourth-order valence-corrected chi connectivity index (χ4v) is 7.17. The molecule has 3 aromatic rings. The maximum absolute atomic E-state index is 15.1. The van der Waals surface area contributed by atoms with Gasteiger partial charge in [-0.1, -0.05) is 44.5 Å². The van der Waals surface area contributed by atoms with Gasteiger partial charge in [0.25, 0.3) is 0 Å². The second-order valence-corrected chi connectivity index (χ2v) is 12.1. The number of benzene rings is 3. The zero-order valence-electron chi connectivity index (χ0n) is 22.4. The van der Waals surface area contributed by atoms with Crippen molar-refractivity contribution in [3.05, 3.63) is 82.7 Å². The molecule has 3 aromatic carbocycles. The van der Waals surface area contributed by atoms with Crippen LogP contribution in [0.5, 0.6) is 11.5 Å². The lowest BCUT2D eigenvalue weighted by molar-refractivity contribution is -0.139. The zero-order chi connectivity index (χ0) is 26.7. The summed E-state index contributed by atoms with van der Waals surface area (Å²) < 4.78 is 26.7. The van der Waals surface area contributed by atoms with Gasteiger partial charge in [-0.25, -0.2) is 4.39 Å². The van der Waals surface area contributed by atoms with Crippen LogP contribution in [0.15, 0.2) is 54.6 Å². The highest BCUT2D eigenvalue weighted by atomic mass is 19.1. The van der Waals surface area contributed by atoms with E-state index >= 15 is 4.39 Å². The van der Waals surface area contributed by atoms with Crippen molar-refractivity contribution in [2.45, 2.75) is 70.3 Å². The summed E-state index contributed by atoms with van der Waals surface area (Å²) in [5.41, 5.74) is 6.01. The number of carboxylic acids is 1. The molecule has 3 atom stereocenters. The molecular weight excluding hydrogens is 479 g/mol. The number of aryl methyl sites for hydroxylation is 1. The lowest BCUT2D eigenvalue weighted by Gasteiger charge is -2.30. The summed E-state index contributed by atoms with van der Waals surface area (Å²) in [7, 11) is 1.60. The van der Waals surface area contributed by atoms with Gasteiger partial charge in [0.1, 0.15) is 23.9 Å². The summed E-state index contributed by atoms with van der Waals surface area (Å²) in [5.74, 6) is 0.511. The molecule has 5 heteroatoms. The van der Waals surface area contributed by atoms with Gasteiger partial charge in [0, 0.05) is 11.0 Å². The highest BCUT2D eigenvalue weighted by molar-refractivity contribution is 5.78. The number of carboxylic acid groups (broad SMARTS) is 1. The summed E-state index contributed by atoms with van der Waals surface area (Å²) >= 11 is 0. The molecule has 0 bridgehead atoms. The van der Waals surface area contributed by atoms with Gasteiger partial charge in [0.15, 0.2) is 0 Å². The highest BCUT2D eigenvalue weighted by Gasteiger charge is 2.61. The minimum absolute atomic E-state index is 0.128. The molecule has 0 unspecified atom stereocenters. The Kier molecular flexibility index (Phi) is 6.01. The van der Waals surface area contributed by atoms with Gasteiger partial charge in [-0.05, 0) is 102 Å². The van der Waals surface area contributed by atoms with E-state index in [1.54, 1.807) is 19.2 Å². The van der Waals surface area contributed by atoms with Crippen molar-refractivity contribution in [1.29, 1.82) is 0 Å². The number of carbonyl (C=O) groups is 1. The van der Waals surface area contributed by atoms with E-state index in [0.29, 0.717) is 23.8 Å². The molecule has 1 spiro atoms. The Labute approximate surface area is 223 Å². The molecule has 3 aliphatic rings. The zero-order valence-corrected chi connectivity index (χ0v) is 22.4. The number of rotatable bonds is 7. The first-order valence-corrected chi connectivity index (χ1v) is 13.7. The molecule has 0 amide bonds. The van der Waals surface area contributed by atoms with E-state index in [1.807, 2.05) is 18.2 Å². The van der Waals surface area contributed by atoms with E-state index in [2.05, 4.69) is 32.0 Å². The maximum atomic E-state index is 15.1. The number of aliphatic carboxylic acids is 1. The third-order valence-corrected chi connectivity index (χ3v) is 9.45. The first-order chi connectivity index (χ1) is 18.2. The molecule has 3 aliphatic carbocycles. The Morgan fingerprint density at radius 2 is 1.84 bits per heavy atom. The Bertz CT molecular complexity index is 1410. The third kappa shape index (κ3) is 4.16. The molecule has 0 aliphatic heterocycles. The Morgan fingerprint density at radius 1 is 1.03 bits per heavy atom. The third-order valence-electron chi connectivity index (χ3n) is 9.45. The van der Waals surface area contributed by atoms with Crippen LogP contribution in [-0.4, -0.2) is 18.2 Å². The van der Waals surface area contributed by atoms with Crippen molar-refractivity contribution in [3.63, 3.8) is 0 Å². The summed E-state index contributed by atoms with van der Waals surface area (Å²) in [6.45, 7) is 5.01. The Balaban J connectivity index is 1.30. The first kappa shape index (κ1) is 25.0. The molecule has 198 valence electrons. The number of halogens is 1. The molecule has 0 saturated heterocycles. The van der Waals surface area contributed by atoms with Crippen LogP contribution in [0, 0.1) is 17.2 Å². The number of methoxy groups -OCH3 is 1. The summed E-state index contributed by atoms with van der Waals surface area (Å²) in [6.07, 6.45) is 5.95. The standard InChI is InChI=1S/C33H35FO4/c1-32(2)13-4-5-27(32)25-15-20(6-10-24(25)26-16-22(37-3)9-11-30(26)34)19-38-23-8-7-21-12-14-33(28(21)17-23)18-29(33)31(35)36/h6-11,15-17,27,29H,4-5,12-14,18-19H2,1-3H3,(H,35,36)/t27-,29+,33+/m1/s1. The summed E-state index contributed by atoms with van der Waals surface area (Å²) in [6, 6.07) is 17.3. The van der Waals surface area contributed by atoms with Crippen molar-refractivity contribution in [1.82, 2.24) is 0 Å². The number of fused-ring (bicyclic) bond motifs is 2. The molecule has 6 rings (SSSR count). The molecule has 4 nitrogen and oxygen atoms in total. The van der Waals surface area contributed by atoms with Gasteiger partial charge in [-0.3, -0.25) is 4.79 Å². The molecule has 1 N–H and O–H groups in total. The van der Waals surface area contributed by atoms with E-state index in [-0.39, 0.29) is 22.6 Å². The van der Waals surface area contributed by atoms with E-state index in [4.69, 9.17) is 9.47 Å². The predicted octanol–water partition coefficient (Wildman–Crippen LogP) is 7.66. The van der Waals surface area contributed by atoms with Crippen LogP contribution >= 0.6 is 0 Å². The van der Waals surface area contributed by atoms with Gasteiger partial charge < -0.3 is 14.6 Å². The normalized spacial score (nSPS) is 24.8. The van der Waals surface area contributed by atoms with Crippen LogP contribution in [0.2, 0.25) is 0 Å². The average Bonchev–Trinajstić information content (AvgIpc) is 3.39. The molecule has 38 heavy (non-hydrogen) atoms. The first-order valence-electron chi connectivity index (χ1n) is 13.7. The van der Waals surface area contributed by atoms with E-state index < -0.39 is 5.97 Å². The van der Waals surface area contributed by atoms with E-state index in [0.717, 1.165) is 66.5 Å². The van der Waals surface area contributed by atoms with Crippen molar-refractivity contribution in [3.8, 4) is 22.6 Å². The largest absolute Gasteiger partial charge is 0.497 e. The number of hydrogen-bond acceptors (Lipinski definition) is 3.